The summed E-state index contributed by atoms with van der Waals surface area (Å²) in [5.41, 5.74) is 2.40. The summed E-state index contributed by atoms with van der Waals surface area (Å²) < 4.78 is 5.26. The molecule has 14 heavy (non-hydrogen) atoms. The molecule has 0 bridgehead atoms. The van der Waals surface area contributed by atoms with Crippen LogP contribution in [0.25, 0.3) is 0 Å². The van der Waals surface area contributed by atoms with Gasteiger partial charge < -0.3 is 9.84 Å². The van der Waals surface area contributed by atoms with Gasteiger partial charge >= 0.3 is 0 Å². The molecule has 0 heterocycles. The minimum Gasteiger partial charge on any atom is -0.496 e. The van der Waals surface area contributed by atoms with Crippen LogP contribution in [0.15, 0.2) is 18.2 Å². The first-order valence-corrected chi connectivity index (χ1v) is 4.91. The third-order valence-corrected chi connectivity index (χ3v) is 2.32. The van der Waals surface area contributed by atoms with E-state index in [-0.39, 0.29) is 12.5 Å². The zero-order valence-corrected chi connectivity index (χ0v) is 9.08. The zero-order chi connectivity index (χ0) is 10.6. The Kier molecular flexibility index (Phi) is 3.96. The van der Waals surface area contributed by atoms with Gasteiger partial charge in [0.2, 0.25) is 0 Å². The normalized spacial score (nSPS) is 12.6. The lowest BCUT2D eigenvalue weighted by molar-refractivity contribution is 0.236. The highest BCUT2D eigenvalue weighted by atomic mass is 16.5. The molecule has 0 radical (unpaired) electrons. The summed E-state index contributed by atoms with van der Waals surface area (Å²) >= 11 is 0. The lowest BCUT2D eigenvalue weighted by Gasteiger charge is -2.12. The van der Waals surface area contributed by atoms with Crippen molar-refractivity contribution in [3.05, 3.63) is 29.3 Å². The second kappa shape index (κ2) is 5.01. The molecule has 0 aliphatic heterocycles. The van der Waals surface area contributed by atoms with Gasteiger partial charge in [0.05, 0.1) is 7.11 Å². The van der Waals surface area contributed by atoms with Gasteiger partial charge in [-0.15, -0.1) is 0 Å². The van der Waals surface area contributed by atoms with Crippen molar-refractivity contribution in [1.29, 1.82) is 0 Å². The van der Waals surface area contributed by atoms with E-state index in [1.807, 2.05) is 19.1 Å². The number of methoxy groups -OCH3 is 1. The van der Waals surface area contributed by atoms with E-state index in [1.165, 1.54) is 11.1 Å². The van der Waals surface area contributed by atoms with Crippen molar-refractivity contribution in [2.24, 2.45) is 5.92 Å². The number of ether oxygens (including phenoxy) is 1. The van der Waals surface area contributed by atoms with E-state index in [0.717, 1.165) is 12.2 Å². The van der Waals surface area contributed by atoms with Crippen LogP contribution in [0.2, 0.25) is 0 Å². The van der Waals surface area contributed by atoms with Gasteiger partial charge in [0, 0.05) is 6.61 Å². The summed E-state index contributed by atoms with van der Waals surface area (Å²) in [6.45, 7) is 4.31. The number of aliphatic hydroxyl groups is 1. The molecule has 0 saturated carbocycles. The second-order valence-corrected chi connectivity index (χ2v) is 3.81. The number of aryl methyl sites for hydroxylation is 1. The van der Waals surface area contributed by atoms with Gasteiger partial charge in [0.25, 0.3) is 0 Å². The molecule has 78 valence electrons. The van der Waals surface area contributed by atoms with Crippen LogP contribution < -0.4 is 4.74 Å². The SMILES string of the molecule is COc1ccc(C)cc1CC(C)CO. The Morgan fingerprint density at radius 2 is 2.14 bits per heavy atom. The fourth-order valence-corrected chi connectivity index (χ4v) is 1.51. The molecule has 1 atom stereocenters. The van der Waals surface area contributed by atoms with Crippen molar-refractivity contribution < 1.29 is 9.84 Å². The minimum absolute atomic E-state index is 0.219. The largest absolute Gasteiger partial charge is 0.496 e. The fourth-order valence-electron chi connectivity index (χ4n) is 1.51. The Hall–Kier alpha value is -1.02. The molecule has 0 amide bonds. The summed E-state index contributed by atoms with van der Waals surface area (Å²) in [6, 6.07) is 6.13. The highest BCUT2D eigenvalue weighted by Crippen LogP contribution is 2.22. The fraction of sp³-hybridized carbons (Fsp3) is 0.500. The van der Waals surface area contributed by atoms with Crippen LogP contribution in [0.4, 0.5) is 0 Å². The Balaban J connectivity index is 2.87. The molecule has 1 rings (SSSR count). The van der Waals surface area contributed by atoms with Crippen LogP contribution in [-0.2, 0) is 6.42 Å². The molecule has 0 aromatic heterocycles. The van der Waals surface area contributed by atoms with Crippen LogP contribution in [-0.4, -0.2) is 18.8 Å². The summed E-state index contributed by atoms with van der Waals surface area (Å²) in [5, 5.41) is 8.99. The maximum Gasteiger partial charge on any atom is 0.122 e. The van der Waals surface area contributed by atoms with E-state index in [2.05, 4.69) is 13.0 Å². The summed E-state index contributed by atoms with van der Waals surface area (Å²) in [5.74, 6) is 1.20. The average molecular weight is 194 g/mol. The molecule has 0 spiro atoms. The van der Waals surface area contributed by atoms with Gasteiger partial charge in [0.15, 0.2) is 0 Å². The van der Waals surface area contributed by atoms with Crippen LogP contribution in [0.1, 0.15) is 18.1 Å². The Bertz CT molecular complexity index is 294. The number of hydrogen-bond donors (Lipinski definition) is 1. The Morgan fingerprint density at radius 3 is 2.71 bits per heavy atom. The zero-order valence-electron chi connectivity index (χ0n) is 9.08. The number of rotatable bonds is 4. The molecule has 1 aromatic carbocycles. The van der Waals surface area contributed by atoms with E-state index < -0.39 is 0 Å². The quantitative estimate of drug-likeness (QED) is 0.796. The van der Waals surface area contributed by atoms with E-state index in [0.29, 0.717) is 0 Å². The lowest BCUT2D eigenvalue weighted by atomic mass is 9.99. The monoisotopic (exact) mass is 194 g/mol. The summed E-state index contributed by atoms with van der Waals surface area (Å²) in [4.78, 5) is 0. The first-order valence-electron chi connectivity index (χ1n) is 4.91. The van der Waals surface area contributed by atoms with E-state index in [4.69, 9.17) is 9.84 Å². The first kappa shape index (κ1) is 11.1. The number of hydrogen-bond acceptors (Lipinski definition) is 2. The van der Waals surface area contributed by atoms with Gasteiger partial charge in [0.1, 0.15) is 5.75 Å². The highest BCUT2D eigenvalue weighted by molar-refractivity contribution is 5.37. The average Bonchev–Trinajstić information content (AvgIpc) is 2.18. The molecule has 0 fully saturated rings. The van der Waals surface area contributed by atoms with Crippen molar-refractivity contribution in [3.63, 3.8) is 0 Å². The maximum atomic E-state index is 8.99. The van der Waals surface area contributed by atoms with Gasteiger partial charge in [-0.1, -0.05) is 24.6 Å². The van der Waals surface area contributed by atoms with Gasteiger partial charge in [-0.05, 0) is 30.9 Å². The molecule has 0 aliphatic carbocycles. The van der Waals surface area contributed by atoms with Gasteiger partial charge in [-0.25, -0.2) is 0 Å². The smallest absolute Gasteiger partial charge is 0.122 e. The predicted octanol–water partition coefficient (Wildman–Crippen LogP) is 2.17. The van der Waals surface area contributed by atoms with Crippen molar-refractivity contribution in [2.45, 2.75) is 20.3 Å². The van der Waals surface area contributed by atoms with Crippen LogP contribution in [0, 0.1) is 12.8 Å². The van der Waals surface area contributed by atoms with Gasteiger partial charge in [-0.3, -0.25) is 0 Å². The molecule has 2 nitrogen and oxygen atoms in total. The molecule has 1 aromatic rings. The van der Waals surface area contributed by atoms with E-state index in [1.54, 1.807) is 7.11 Å². The van der Waals surface area contributed by atoms with Crippen molar-refractivity contribution >= 4 is 0 Å². The summed E-state index contributed by atoms with van der Waals surface area (Å²) in [7, 11) is 1.68. The predicted molar refractivity (Wildman–Crippen MR) is 57.7 cm³/mol. The lowest BCUT2D eigenvalue weighted by Crippen LogP contribution is -2.06. The maximum absolute atomic E-state index is 8.99. The van der Waals surface area contributed by atoms with Crippen LogP contribution in [0.3, 0.4) is 0 Å². The Labute approximate surface area is 85.5 Å². The van der Waals surface area contributed by atoms with Gasteiger partial charge in [-0.2, -0.15) is 0 Å². The molecule has 1 unspecified atom stereocenters. The van der Waals surface area contributed by atoms with E-state index >= 15 is 0 Å². The third kappa shape index (κ3) is 2.74. The van der Waals surface area contributed by atoms with Crippen LogP contribution in [0.5, 0.6) is 5.75 Å². The summed E-state index contributed by atoms with van der Waals surface area (Å²) in [6.07, 6.45) is 0.862. The second-order valence-electron chi connectivity index (χ2n) is 3.81. The number of aliphatic hydroxyl groups excluding tert-OH is 1. The number of benzene rings is 1. The molecule has 0 saturated heterocycles. The molecule has 0 aliphatic rings. The minimum atomic E-state index is 0.219. The topological polar surface area (TPSA) is 29.5 Å². The van der Waals surface area contributed by atoms with E-state index in [9.17, 15) is 0 Å². The molecule has 1 N–H and O–H groups in total. The van der Waals surface area contributed by atoms with Crippen molar-refractivity contribution in [2.75, 3.05) is 13.7 Å². The van der Waals surface area contributed by atoms with Crippen molar-refractivity contribution in [1.82, 2.24) is 0 Å². The molecule has 2 heteroatoms. The standard InChI is InChI=1S/C12H18O2/c1-9-4-5-12(14-3)11(6-9)7-10(2)8-13/h4-6,10,13H,7-8H2,1-3H3. The van der Waals surface area contributed by atoms with Crippen LogP contribution >= 0.6 is 0 Å². The highest BCUT2D eigenvalue weighted by Gasteiger charge is 2.07. The van der Waals surface area contributed by atoms with Crippen molar-refractivity contribution in [3.8, 4) is 5.75 Å². The molecular formula is C12H18O2. The third-order valence-electron chi connectivity index (χ3n) is 2.32. The molecular weight excluding hydrogens is 176 g/mol. The Morgan fingerprint density at radius 1 is 1.43 bits per heavy atom. The first-order chi connectivity index (χ1) is 6.67.